The molecule has 0 aromatic carbocycles. The third-order valence-electron chi connectivity index (χ3n) is 1.77. The van der Waals surface area contributed by atoms with Gasteiger partial charge in [-0.2, -0.15) is 0 Å². The fraction of sp³-hybridized carbons (Fsp3) is 1.00. The van der Waals surface area contributed by atoms with Crippen LogP contribution in [-0.4, -0.2) is 18.8 Å². The zero-order valence-corrected chi connectivity index (χ0v) is 9.99. The van der Waals surface area contributed by atoms with Gasteiger partial charge in [-0.15, -0.1) is 0 Å². The summed E-state index contributed by atoms with van der Waals surface area (Å²) in [7, 11) is 3.45. The summed E-state index contributed by atoms with van der Waals surface area (Å²) < 4.78 is 11.7. The Morgan fingerprint density at radius 3 is 2.25 bits per heavy atom. The molecule has 0 N–H and O–H groups in total. The summed E-state index contributed by atoms with van der Waals surface area (Å²) in [6.45, 7) is 2.24. The molecule has 0 heterocycles. The molecule has 0 amide bonds. The van der Waals surface area contributed by atoms with Crippen LogP contribution in [-0.2, 0) is 28.6 Å². The first-order valence-corrected chi connectivity index (χ1v) is 6.64. The fourth-order valence-electron chi connectivity index (χ4n) is 1.03. The molecule has 2 nitrogen and oxygen atoms in total. The van der Waals surface area contributed by atoms with Gasteiger partial charge in [-0.3, -0.25) is 0 Å². The second-order valence-electron chi connectivity index (χ2n) is 2.82. The Morgan fingerprint density at radius 1 is 1.08 bits per heavy atom. The van der Waals surface area contributed by atoms with Crippen molar-refractivity contribution in [3.63, 3.8) is 0 Å². The molecule has 0 saturated heterocycles. The van der Waals surface area contributed by atoms with Crippen LogP contribution in [0, 0.1) is 0 Å². The monoisotopic (exact) mass is 208 g/mol. The predicted octanol–water partition coefficient (Wildman–Crippen LogP) is 2.64. The predicted molar refractivity (Wildman–Crippen MR) is 46.8 cm³/mol. The van der Waals surface area contributed by atoms with Crippen LogP contribution in [0.5, 0.6) is 0 Å². The third kappa shape index (κ3) is 7.29. The summed E-state index contributed by atoms with van der Waals surface area (Å²) in [5.74, 6) is 0. The van der Waals surface area contributed by atoms with E-state index in [4.69, 9.17) is 9.47 Å². The average molecular weight is 208 g/mol. The van der Waals surface area contributed by atoms with E-state index < -0.39 is 0 Å². The summed E-state index contributed by atoms with van der Waals surface area (Å²) in [4.78, 5) is 0. The molecule has 0 bridgehead atoms. The Hall–Kier alpha value is 0.634. The van der Waals surface area contributed by atoms with Crippen LogP contribution in [0.15, 0.2) is 0 Å². The number of ether oxygens (including phenoxy) is 2. The van der Waals surface area contributed by atoms with E-state index in [1.54, 1.807) is 14.2 Å². The molecule has 0 aliphatic carbocycles. The quantitative estimate of drug-likeness (QED) is 0.347. The van der Waals surface area contributed by atoms with Gasteiger partial charge < -0.3 is 0 Å². The van der Waals surface area contributed by atoms with Gasteiger partial charge in [0.1, 0.15) is 0 Å². The molecule has 0 aromatic rings. The van der Waals surface area contributed by atoms with Crippen molar-refractivity contribution >= 4 is 0 Å². The van der Waals surface area contributed by atoms with Gasteiger partial charge in [-0.1, -0.05) is 0 Å². The zero-order chi connectivity index (χ0) is 9.23. The molecular formula is C9H20O2Ti. The van der Waals surface area contributed by atoms with Crippen molar-refractivity contribution in [1.29, 1.82) is 0 Å². The van der Waals surface area contributed by atoms with E-state index in [1.807, 2.05) is 0 Å². The molecule has 0 rings (SSSR count). The Bertz CT molecular complexity index is 84.6. The Balaban J connectivity index is 3.06. The zero-order valence-electron chi connectivity index (χ0n) is 8.43. The Morgan fingerprint density at radius 2 is 1.75 bits per heavy atom. The molecule has 0 radical (unpaired) electrons. The fourth-order valence-corrected chi connectivity index (χ4v) is 2.63. The van der Waals surface area contributed by atoms with Crippen molar-refractivity contribution in [3.05, 3.63) is 0 Å². The first kappa shape index (κ1) is 12.6. The molecule has 0 unspecified atom stereocenters. The molecule has 0 aliphatic heterocycles. The first-order valence-electron chi connectivity index (χ1n) is 4.64. The van der Waals surface area contributed by atoms with Crippen molar-refractivity contribution in [1.82, 2.24) is 0 Å². The van der Waals surface area contributed by atoms with Crippen molar-refractivity contribution < 1.29 is 28.6 Å². The topological polar surface area (TPSA) is 18.5 Å². The molecule has 0 atom stereocenters. The molecule has 0 saturated carbocycles. The van der Waals surface area contributed by atoms with Crippen LogP contribution in [0.4, 0.5) is 0 Å². The SMILES string of the molecule is CCCCC[CH2][Ti][CH](OC)OC. The maximum absolute atomic E-state index is 5.14. The summed E-state index contributed by atoms with van der Waals surface area (Å²) >= 11 is -0.0300. The van der Waals surface area contributed by atoms with Crippen molar-refractivity contribution in [3.8, 4) is 0 Å². The molecule has 0 aliphatic rings. The van der Waals surface area contributed by atoms with Gasteiger partial charge in [0.15, 0.2) is 0 Å². The second kappa shape index (κ2) is 9.72. The maximum atomic E-state index is 5.14. The van der Waals surface area contributed by atoms with Crippen LogP contribution < -0.4 is 0 Å². The summed E-state index contributed by atoms with van der Waals surface area (Å²) in [5.41, 5.74) is 0. The molecule has 72 valence electrons. The van der Waals surface area contributed by atoms with E-state index in [9.17, 15) is 0 Å². The number of unbranched alkanes of at least 4 members (excludes halogenated alkanes) is 3. The number of rotatable bonds is 8. The molecular weight excluding hydrogens is 188 g/mol. The summed E-state index contributed by atoms with van der Waals surface area (Å²) in [6.07, 6.45) is 5.42. The van der Waals surface area contributed by atoms with Gasteiger partial charge >= 0.3 is 84.8 Å². The van der Waals surface area contributed by atoms with E-state index in [-0.39, 0.29) is 23.7 Å². The van der Waals surface area contributed by atoms with Gasteiger partial charge in [0.25, 0.3) is 0 Å². The molecule has 0 spiro atoms. The molecule has 0 fully saturated rings. The van der Waals surface area contributed by atoms with E-state index in [0.717, 1.165) is 0 Å². The molecule has 12 heavy (non-hydrogen) atoms. The number of methoxy groups -OCH3 is 2. The Labute approximate surface area is 84.9 Å². The minimum absolute atomic E-state index is 0.0300. The van der Waals surface area contributed by atoms with Gasteiger partial charge in [-0.05, 0) is 0 Å². The van der Waals surface area contributed by atoms with Gasteiger partial charge in [0, 0.05) is 0 Å². The number of hydrogen-bond donors (Lipinski definition) is 0. The van der Waals surface area contributed by atoms with E-state index in [1.165, 1.54) is 30.4 Å². The van der Waals surface area contributed by atoms with Crippen LogP contribution in [0.3, 0.4) is 0 Å². The minimum atomic E-state index is -0.0300. The van der Waals surface area contributed by atoms with Gasteiger partial charge in [0.2, 0.25) is 0 Å². The molecule has 3 heteroatoms. The van der Waals surface area contributed by atoms with Crippen LogP contribution >= 0.6 is 0 Å². The van der Waals surface area contributed by atoms with Crippen LogP contribution in [0.25, 0.3) is 0 Å². The third-order valence-corrected chi connectivity index (χ3v) is 4.03. The standard InChI is InChI=1S/C6H13.C3H7O2.Ti/c1-3-5-6-4-2;1-4-3-5-2;/h1,3-6H2,2H3;3H,1-2H3;. The Kier molecular flexibility index (Phi) is 10.2. The number of hydrogen-bond acceptors (Lipinski definition) is 2. The normalized spacial score (nSPS) is 10.7. The van der Waals surface area contributed by atoms with E-state index in [0.29, 0.717) is 0 Å². The first-order chi connectivity index (χ1) is 5.85. The van der Waals surface area contributed by atoms with Crippen molar-refractivity contribution in [2.75, 3.05) is 14.2 Å². The second-order valence-corrected chi connectivity index (χ2v) is 4.97. The van der Waals surface area contributed by atoms with E-state index in [2.05, 4.69) is 6.92 Å². The summed E-state index contributed by atoms with van der Waals surface area (Å²) in [6, 6.07) is 0. The average Bonchev–Trinajstić information content (AvgIpc) is 2.11. The van der Waals surface area contributed by atoms with Gasteiger partial charge in [-0.25, -0.2) is 0 Å². The molecule has 0 aromatic heterocycles. The van der Waals surface area contributed by atoms with Gasteiger partial charge in [0.05, 0.1) is 0 Å². The van der Waals surface area contributed by atoms with Crippen LogP contribution in [0.1, 0.15) is 32.6 Å². The van der Waals surface area contributed by atoms with Crippen molar-refractivity contribution in [2.24, 2.45) is 0 Å². The van der Waals surface area contributed by atoms with Crippen LogP contribution in [0.2, 0.25) is 4.73 Å². The van der Waals surface area contributed by atoms with E-state index >= 15 is 0 Å². The summed E-state index contributed by atoms with van der Waals surface area (Å²) in [5, 5.41) is 0. The van der Waals surface area contributed by atoms with Crippen molar-refractivity contribution in [2.45, 2.75) is 41.9 Å².